The first-order valence-corrected chi connectivity index (χ1v) is 12.7. The van der Waals surface area contributed by atoms with Gasteiger partial charge in [0.15, 0.2) is 22.4 Å². The van der Waals surface area contributed by atoms with Gasteiger partial charge in [-0.3, -0.25) is 9.80 Å². The van der Waals surface area contributed by atoms with Gasteiger partial charge in [0.05, 0.1) is 20.3 Å². The van der Waals surface area contributed by atoms with Gasteiger partial charge in [-0.05, 0) is 72.3 Å². The Morgan fingerprint density at radius 2 is 1.92 bits per heavy atom. The predicted octanol–water partition coefficient (Wildman–Crippen LogP) is 4.75. The molecule has 0 aliphatic heterocycles. The number of rotatable bonds is 8. The molecule has 0 saturated heterocycles. The van der Waals surface area contributed by atoms with Gasteiger partial charge in [0, 0.05) is 22.9 Å². The normalized spacial score (nSPS) is 14.0. The summed E-state index contributed by atoms with van der Waals surface area (Å²) in [5.41, 5.74) is -0.177. The van der Waals surface area contributed by atoms with Crippen LogP contribution in [-0.4, -0.2) is 69.0 Å². The Kier molecular flexibility index (Phi) is 8.82. The minimum atomic E-state index is -0.668. The van der Waals surface area contributed by atoms with Gasteiger partial charge in [-0.1, -0.05) is 11.8 Å². The molecule has 3 rings (SSSR count). The minimum absolute atomic E-state index is 0.160. The number of hydrogen-bond acceptors (Lipinski definition) is 8. The van der Waals surface area contributed by atoms with E-state index in [1.165, 1.54) is 29.4 Å². The third-order valence-electron chi connectivity index (χ3n) is 5.61. The standard InChI is InChI=1S/C27H34FN3O5S/c1-26(2,3)36-25(33)31(6)24-29-22(23(32)34-7)21(37-24)16-27(12-13-27)17-35-20-11-10-18(15-19(20)28)9-8-14-30(4)5/h10-11,15H,12-14,16-17H2,1-7H3. The molecule has 1 aromatic carbocycles. The van der Waals surface area contributed by atoms with E-state index in [0.29, 0.717) is 28.5 Å². The van der Waals surface area contributed by atoms with Crippen molar-refractivity contribution in [3.05, 3.63) is 40.2 Å². The second kappa shape index (κ2) is 11.5. The molecule has 8 nitrogen and oxygen atoms in total. The largest absolute Gasteiger partial charge is 0.490 e. The van der Waals surface area contributed by atoms with E-state index in [1.807, 2.05) is 19.0 Å². The Balaban J connectivity index is 1.72. The number of amides is 1. The Labute approximate surface area is 221 Å². The molecule has 1 fully saturated rings. The number of halogens is 1. The topological polar surface area (TPSA) is 81.2 Å². The number of methoxy groups -OCH3 is 1. The highest BCUT2D eigenvalue weighted by Gasteiger charge is 2.45. The molecule has 1 aromatic heterocycles. The van der Waals surface area contributed by atoms with Gasteiger partial charge in [0.2, 0.25) is 0 Å². The van der Waals surface area contributed by atoms with Gasteiger partial charge in [-0.25, -0.2) is 19.0 Å². The van der Waals surface area contributed by atoms with Crippen molar-refractivity contribution in [3.63, 3.8) is 0 Å². The molecule has 0 spiro atoms. The lowest BCUT2D eigenvalue weighted by atomic mass is 10.0. The van der Waals surface area contributed by atoms with Crippen LogP contribution in [0.3, 0.4) is 0 Å². The third kappa shape index (κ3) is 7.91. The first-order chi connectivity index (χ1) is 17.3. The van der Waals surface area contributed by atoms with E-state index in [0.717, 1.165) is 12.8 Å². The van der Waals surface area contributed by atoms with Gasteiger partial charge in [0.25, 0.3) is 0 Å². The van der Waals surface area contributed by atoms with E-state index in [2.05, 4.69) is 16.8 Å². The molecular formula is C27H34FN3O5S. The maximum Gasteiger partial charge on any atom is 0.416 e. The Morgan fingerprint density at radius 1 is 1.22 bits per heavy atom. The van der Waals surface area contributed by atoms with Crippen molar-refractivity contribution in [2.45, 2.75) is 45.6 Å². The van der Waals surface area contributed by atoms with Crippen molar-refractivity contribution in [1.29, 1.82) is 0 Å². The van der Waals surface area contributed by atoms with Crippen molar-refractivity contribution in [1.82, 2.24) is 9.88 Å². The molecular weight excluding hydrogens is 497 g/mol. The smallest absolute Gasteiger partial charge is 0.416 e. The van der Waals surface area contributed by atoms with Gasteiger partial charge in [0.1, 0.15) is 5.60 Å². The van der Waals surface area contributed by atoms with Crippen LogP contribution in [0.15, 0.2) is 18.2 Å². The first-order valence-electron chi connectivity index (χ1n) is 11.9. The zero-order chi connectivity index (χ0) is 27.4. The summed E-state index contributed by atoms with van der Waals surface area (Å²) in [6.45, 7) is 6.20. The van der Waals surface area contributed by atoms with Crippen LogP contribution < -0.4 is 9.64 Å². The molecule has 37 heavy (non-hydrogen) atoms. The van der Waals surface area contributed by atoms with Gasteiger partial charge in [-0.2, -0.15) is 0 Å². The Bertz CT molecular complexity index is 1200. The summed E-state index contributed by atoms with van der Waals surface area (Å²) in [7, 11) is 6.67. The van der Waals surface area contributed by atoms with Gasteiger partial charge >= 0.3 is 12.1 Å². The molecule has 1 amide bonds. The van der Waals surface area contributed by atoms with E-state index < -0.39 is 23.5 Å². The maximum atomic E-state index is 14.6. The third-order valence-corrected chi connectivity index (χ3v) is 6.74. The molecule has 1 aliphatic rings. The fourth-order valence-corrected chi connectivity index (χ4v) is 4.56. The molecule has 0 atom stereocenters. The van der Waals surface area contributed by atoms with E-state index in [-0.39, 0.29) is 23.5 Å². The van der Waals surface area contributed by atoms with E-state index in [1.54, 1.807) is 40.0 Å². The average molecular weight is 532 g/mol. The average Bonchev–Trinajstić information content (AvgIpc) is 3.45. The number of benzene rings is 1. The maximum absolute atomic E-state index is 14.6. The fourth-order valence-electron chi connectivity index (χ4n) is 3.38. The molecule has 0 bridgehead atoms. The molecule has 1 saturated carbocycles. The lowest BCUT2D eigenvalue weighted by molar-refractivity contribution is 0.0575. The van der Waals surface area contributed by atoms with Crippen LogP contribution in [-0.2, 0) is 15.9 Å². The van der Waals surface area contributed by atoms with Crippen molar-refractivity contribution in [2.24, 2.45) is 5.41 Å². The quantitative estimate of drug-likeness (QED) is 0.359. The van der Waals surface area contributed by atoms with E-state index in [4.69, 9.17) is 14.2 Å². The molecule has 0 unspecified atom stereocenters. The SMILES string of the molecule is COC(=O)c1nc(N(C)C(=O)OC(C)(C)C)sc1CC1(COc2ccc(C#CCN(C)C)cc2F)CC1. The lowest BCUT2D eigenvalue weighted by Crippen LogP contribution is -2.34. The van der Waals surface area contributed by atoms with Crippen molar-refractivity contribution >= 4 is 28.5 Å². The summed E-state index contributed by atoms with van der Waals surface area (Å²) < 4.78 is 30.8. The van der Waals surface area contributed by atoms with Crippen LogP contribution in [0.25, 0.3) is 0 Å². The van der Waals surface area contributed by atoms with Crippen LogP contribution >= 0.6 is 11.3 Å². The number of carbonyl (C=O) groups is 2. The van der Waals surface area contributed by atoms with Crippen molar-refractivity contribution in [3.8, 4) is 17.6 Å². The predicted molar refractivity (Wildman–Crippen MR) is 141 cm³/mol. The van der Waals surface area contributed by atoms with Crippen LogP contribution in [0.4, 0.5) is 14.3 Å². The lowest BCUT2D eigenvalue weighted by Gasteiger charge is -2.23. The summed E-state index contributed by atoms with van der Waals surface area (Å²) in [6, 6.07) is 4.69. The van der Waals surface area contributed by atoms with Crippen LogP contribution in [0, 0.1) is 23.1 Å². The number of carbonyl (C=O) groups excluding carboxylic acids is 2. The molecule has 1 heterocycles. The molecule has 200 valence electrons. The van der Waals surface area contributed by atoms with Crippen molar-refractivity contribution in [2.75, 3.05) is 46.3 Å². The summed E-state index contributed by atoms with van der Waals surface area (Å²) in [4.78, 5) is 33.2. The summed E-state index contributed by atoms with van der Waals surface area (Å²) in [5.74, 6) is 5.03. The highest BCUT2D eigenvalue weighted by molar-refractivity contribution is 7.16. The van der Waals surface area contributed by atoms with Gasteiger partial charge in [-0.15, -0.1) is 11.3 Å². The van der Waals surface area contributed by atoms with Gasteiger partial charge < -0.3 is 14.2 Å². The molecule has 2 aromatic rings. The van der Waals surface area contributed by atoms with Crippen LogP contribution in [0.5, 0.6) is 5.75 Å². The van der Waals surface area contributed by atoms with Crippen molar-refractivity contribution < 1.29 is 28.2 Å². The number of anilines is 1. The number of hydrogen-bond donors (Lipinski definition) is 0. The second-order valence-electron chi connectivity index (χ2n) is 10.4. The molecule has 0 radical (unpaired) electrons. The number of aromatic nitrogens is 1. The highest BCUT2D eigenvalue weighted by Crippen LogP contribution is 2.50. The molecule has 1 aliphatic carbocycles. The van der Waals surface area contributed by atoms with E-state index in [9.17, 15) is 14.0 Å². The van der Waals surface area contributed by atoms with Crippen LogP contribution in [0.2, 0.25) is 0 Å². The summed E-state index contributed by atoms with van der Waals surface area (Å²) in [6.07, 6.45) is 1.64. The summed E-state index contributed by atoms with van der Waals surface area (Å²) >= 11 is 1.23. The Hall–Kier alpha value is -3.16. The van der Waals surface area contributed by atoms with E-state index >= 15 is 0 Å². The number of nitrogens with zero attached hydrogens (tertiary/aromatic N) is 3. The number of thiazole rings is 1. The number of ether oxygens (including phenoxy) is 3. The van der Waals surface area contributed by atoms with Crippen LogP contribution in [0.1, 0.15) is 54.5 Å². The zero-order valence-corrected chi connectivity index (χ0v) is 23.3. The Morgan fingerprint density at radius 3 is 2.49 bits per heavy atom. The zero-order valence-electron chi connectivity index (χ0n) is 22.4. The highest BCUT2D eigenvalue weighted by atomic mass is 32.1. The first kappa shape index (κ1) is 28.4. The molecule has 10 heteroatoms. The fraction of sp³-hybridized carbons (Fsp3) is 0.519. The second-order valence-corrected chi connectivity index (χ2v) is 11.5. The minimum Gasteiger partial charge on any atom is -0.490 e. The number of esters is 1. The molecule has 0 N–H and O–H groups in total. The monoisotopic (exact) mass is 531 g/mol. The summed E-state index contributed by atoms with van der Waals surface area (Å²) in [5, 5.41) is 0.332.